The van der Waals surface area contributed by atoms with E-state index in [1.807, 2.05) is 0 Å². The van der Waals surface area contributed by atoms with Gasteiger partial charge in [0, 0.05) is 10.0 Å². The monoisotopic (exact) mass is 399 g/mol. The molecule has 0 spiro atoms. The van der Waals surface area contributed by atoms with Crippen molar-refractivity contribution in [1.29, 1.82) is 0 Å². The van der Waals surface area contributed by atoms with Gasteiger partial charge in [-0.3, -0.25) is 4.79 Å². The first-order valence-electron chi connectivity index (χ1n) is 7.45. The Hall–Kier alpha value is -1.76. The van der Waals surface area contributed by atoms with E-state index < -0.39 is 21.3 Å². The van der Waals surface area contributed by atoms with Crippen molar-refractivity contribution in [1.82, 2.24) is 4.72 Å². The molecule has 1 fully saturated rings. The molecule has 1 aliphatic carbocycles. The molecule has 1 N–H and O–H groups in total. The van der Waals surface area contributed by atoms with Gasteiger partial charge in [-0.25, -0.2) is 13.1 Å². The predicted molar refractivity (Wildman–Crippen MR) is 95.7 cm³/mol. The minimum Gasteiger partial charge on any atom is -0.497 e. The Morgan fingerprint density at radius 2 is 1.76 bits per heavy atom. The van der Waals surface area contributed by atoms with E-state index in [1.165, 1.54) is 31.4 Å². The first kappa shape index (κ1) is 18.0. The van der Waals surface area contributed by atoms with Crippen molar-refractivity contribution < 1.29 is 17.9 Å². The lowest BCUT2D eigenvalue weighted by atomic mass is 9.95. The summed E-state index contributed by atoms with van der Waals surface area (Å²) in [5, 5.41) is 0.804. The maximum absolute atomic E-state index is 12.7. The van der Waals surface area contributed by atoms with Gasteiger partial charge >= 0.3 is 0 Å². The number of rotatable bonds is 5. The minimum absolute atomic E-state index is 0.0142. The summed E-state index contributed by atoms with van der Waals surface area (Å²) in [6.45, 7) is 0. The average molecular weight is 400 g/mol. The van der Waals surface area contributed by atoms with Gasteiger partial charge in [0.15, 0.2) is 0 Å². The van der Waals surface area contributed by atoms with Gasteiger partial charge in [-0.1, -0.05) is 29.3 Å². The normalized spacial score (nSPS) is 15.5. The Morgan fingerprint density at radius 1 is 1.12 bits per heavy atom. The van der Waals surface area contributed by atoms with Gasteiger partial charge in [-0.05, 0) is 54.8 Å². The minimum atomic E-state index is -3.98. The number of carbonyl (C=O) groups is 1. The zero-order valence-corrected chi connectivity index (χ0v) is 15.6. The van der Waals surface area contributed by atoms with Crippen LogP contribution in [0.1, 0.15) is 18.4 Å². The molecule has 3 rings (SSSR count). The van der Waals surface area contributed by atoms with Crippen LogP contribution in [0.2, 0.25) is 10.0 Å². The summed E-state index contributed by atoms with van der Waals surface area (Å²) in [7, 11) is -2.50. The number of sulfonamides is 1. The van der Waals surface area contributed by atoms with E-state index in [0.29, 0.717) is 34.2 Å². The second-order valence-corrected chi connectivity index (χ2v) is 8.34. The third-order valence-corrected chi connectivity index (χ3v) is 6.12. The van der Waals surface area contributed by atoms with Crippen LogP contribution in [0.25, 0.3) is 0 Å². The zero-order valence-electron chi connectivity index (χ0n) is 13.3. The molecule has 0 unspecified atom stereocenters. The number of amides is 1. The predicted octanol–water partition coefficient (Wildman–Crippen LogP) is 3.54. The van der Waals surface area contributed by atoms with Crippen molar-refractivity contribution in [3.8, 4) is 5.75 Å². The fraction of sp³-hybridized carbons (Fsp3) is 0.235. The zero-order chi connectivity index (χ0) is 18.2. The third kappa shape index (κ3) is 3.47. The van der Waals surface area contributed by atoms with Crippen molar-refractivity contribution in [3.63, 3.8) is 0 Å². The standard InChI is InChI=1S/C17H15Cl2NO4S/c1-24-12-3-5-13(6-4-12)25(22,23)20-16(21)17(8-9-17)14-7-2-11(18)10-15(14)19/h2-7,10H,8-9H2,1H3,(H,20,21). The molecule has 0 aromatic heterocycles. The molecule has 1 amide bonds. The summed E-state index contributed by atoms with van der Waals surface area (Å²) in [6.07, 6.45) is 1.05. The number of nitrogens with one attached hydrogen (secondary N) is 1. The van der Waals surface area contributed by atoms with Crippen molar-refractivity contribution in [2.75, 3.05) is 7.11 Å². The number of methoxy groups -OCH3 is 1. The van der Waals surface area contributed by atoms with Crippen LogP contribution in [0.15, 0.2) is 47.4 Å². The Morgan fingerprint density at radius 3 is 2.28 bits per heavy atom. The van der Waals surface area contributed by atoms with Crippen molar-refractivity contribution in [3.05, 3.63) is 58.1 Å². The van der Waals surface area contributed by atoms with Gasteiger partial charge in [0.25, 0.3) is 10.0 Å². The maximum Gasteiger partial charge on any atom is 0.264 e. The van der Waals surface area contributed by atoms with E-state index >= 15 is 0 Å². The van der Waals surface area contributed by atoms with Crippen LogP contribution in [-0.2, 0) is 20.2 Å². The molecule has 1 aliphatic rings. The Balaban J connectivity index is 1.85. The molecule has 0 aliphatic heterocycles. The molecule has 25 heavy (non-hydrogen) atoms. The van der Waals surface area contributed by atoms with E-state index in [-0.39, 0.29) is 4.90 Å². The maximum atomic E-state index is 12.7. The first-order chi connectivity index (χ1) is 11.8. The molecular formula is C17H15Cl2NO4S. The summed E-state index contributed by atoms with van der Waals surface area (Å²) >= 11 is 12.1. The fourth-order valence-electron chi connectivity index (χ4n) is 2.65. The summed E-state index contributed by atoms with van der Waals surface area (Å²) < 4.78 is 32.1. The smallest absolute Gasteiger partial charge is 0.264 e. The van der Waals surface area contributed by atoms with Crippen LogP contribution in [0, 0.1) is 0 Å². The Labute approximate surface area is 155 Å². The fourth-order valence-corrected chi connectivity index (χ4v) is 4.30. The second-order valence-electron chi connectivity index (χ2n) is 5.82. The summed E-state index contributed by atoms with van der Waals surface area (Å²) in [6, 6.07) is 10.6. The SMILES string of the molecule is COc1ccc(S(=O)(=O)NC(=O)C2(c3ccc(Cl)cc3Cl)CC2)cc1. The van der Waals surface area contributed by atoms with Crippen LogP contribution in [0.4, 0.5) is 0 Å². The van der Waals surface area contributed by atoms with E-state index in [9.17, 15) is 13.2 Å². The van der Waals surface area contributed by atoms with Gasteiger partial charge < -0.3 is 4.74 Å². The van der Waals surface area contributed by atoms with Crippen molar-refractivity contribution in [2.45, 2.75) is 23.2 Å². The first-order valence-corrected chi connectivity index (χ1v) is 9.69. The Bertz CT molecular complexity index is 922. The molecule has 2 aromatic rings. The van der Waals surface area contributed by atoms with E-state index in [2.05, 4.69) is 4.72 Å². The van der Waals surface area contributed by atoms with Crippen LogP contribution in [-0.4, -0.2) is 21.4 Å². The Kier molecular flexibility index (Phi) is 4.70. The number of hydrogen-bond acceptors (Lipinski definition) is 4. The number of ether oxygens (including phenoxy) is 1. The molecule has 5 nitrogen and oxygen atoms in total. The lowest BCUT2D eigenvalue weighted by Gasteiger charge is -2.17. The van der Waals surface area contributed by atoms with Crippen LogP contribution in [0.3, 0.4) is 0 Å². The second kappa shape index (κ2) is 6.52. The molecule has 2 aromatic carbocycles. The number of hydrogen-bond donors (Lipinski definition) is 1. The molecule has 0 radical (unpaired) electrons. The van der Waals surface area contributed by atoms with Crippen LogP contribution >= 0.6 is 23.2 Å². The molecule has 0 saturated heterocycles. The largest absolute Gasteiger partial charge is 0.497 e. The highest BCUT2D eigenvalue weighted by Crippen LogP contribution is 2.51. The topological polar surface area (TPSA) is 72.5 Å². The summed E-state index contributed by atoms with van der Waals surface area (Å²) in [5.41, 5.74) is -0.345. The van der Waals surface area contributed by atoms with Gasteiger partial charge in [0.2, 0.25) is 5.91 Å². The van der Waals surface area contributed by atoms with E-state index in [0.717, 1.165) is 0 Å². The lowest BCUT2D eigenvalue weighted by molar-refractivity contribution is -0.121. The lowest BCUT2D eigenvalue weighted by Crippen LogP contribution is -2.39. The number of benzene rings is 2. The van der Waals surface area contributed by atoms with Gasteiger partial charge in [0.1, 0.15) is 5.75 Å². The number of carbonyl (C=O) groups excluding carboxylic acids is 1. The summed E-state index contributed by atoms with van der Waals surface area (Å²) in [4.78, 5) is 12.7. The third-order valence-electron chi connectivity index (χ3n) is 4.23. The molecule has 8 heteroatoms. The van der Waals surface area contributed by atoms with E-state index in [1.54, 1.807) is 18.2 Å². The number of halogens is 2. The molecule has 0 bridgehead atoms. The highest BCUT2D eigenvalue weighted by atomic mass is 35.5. The van der Waals surface area contributed by atoms with E-state index in [4.69, 9.17) is 27.9 Å². The molecule has 0 heterocycles. The van der Waals surface area contributed by atoms with Gasteiger partial charge in [-0.2, -0.15) is 0 Å². The molecular weight excluding hydrogens is 385 g/mol. The molecule has 1 saturated carbocycles. The quantitative estimate of drug-likeness (QED) is 0.834. The van der Waals surface area contributed by atoms with Crippen LogP contribution < -0.4 is 9.46 Å². The van der Waals surface area contributed by atoms with Gasteiger partial charge in [0.05, 0.1) is 17.4 Å². The van der Waals surface area contributed by atoms with Crippen LogP contribution in [0.5, 0.6) is 5.75 Å². The summed E-state index contributed by atoms with van der Waals surface area (Å²) in [5.74, 6) is -0.0653. The highest BCUT2D eigenvalue weighted by Gasteiger charge is 2.53. The average Bonchev–Trinajstić information content (AvgIpc) is 3.36. The highest BCUT2D eigenvalue weighted by molar-refractivity contribution is 7.90. The van der Waals surface area contributed by atoms with Gasteiger partial charge in [-0.15, -0.1) is 0 Å². The molecule has 132 valence electrons. The van der Waals surface area contributed by atoms with Crippen molar-refractivity contribution >= 4 is 39.1 Å². The molecule has 0 atom stereocenters. The van der Waals surface area contributed by atoms with Crippen molar-refractivity contribution in [2.24, 2.45) is 0 Å².